The Labute approximate surface area is 143 Å². The molecule has 1 aliphatic heterocycles. The molecular weight excluding hydrogens is 395 g/mol. The molecule has 5 nitrogen and oxygen atoms in total. The van der Waals surface area contributed by atoms with Gasteiger partial charge in [0.25, 0.3) is 0 Å². The number of H-pyrrole nitrogens is 1. The molecule has 6 heteroatoms. The summed E-state index contributed by atoms with van der Waals surface area (Å²) in [5, 5.41) is 7.02. The second kappa shape index (κ2) is 6.87. The van der Waals surface area contributed by atoms with Crippen LogP contribution in [0.4, 0.5) is 0 Å². The highest BCUT2D eigenvalue weighted by atomic mass is 127. The number of aromatic nitrogens is 2. The Kier molecular flexibility index (Phi) is 4.87. The maximum absolute atomic E-state index is 5.88. The van der Waals surface area contributed by atoms with Crippen LogP contribution in [0, 0.1) is 3.57 Å². The molecular formula is C16H19IN2O3. The van der Waals surface area contributed by atoms with Gasteiger partial charge in [0, 0.05) is 12.8 Å². The average Bonchev–Trinajstić information content (AvgIpc) is 3.10. The van der Waals surface area contributed by atoms with E-state index in [1.165, 1.54) is 5.56 Å². The second-order valence-electron chi connectivity index (χ2n) is 5.33. The predicted molar refractivity (Wildman–Crippen MR) is 91.5 cm³/mol. The Hall–Kier alpha value is -1.28. The van der Waals surface area contributed by atoms with Crippen molar-refractivity contribution in [2.24, 2.45) is 0 Å². The molecule has 1 saturated heterocycles. The molecule has 1 N–H and O–H groups in total. The van der Waals surface area contributed by atoms with Crippen LogP contribution < -0.4 is 9.47 Å². The van der Waals surface area contributed by atoms with Gasteiger partial charge in [-0.2, -0.15) is 5.10 Å². The molecule has 3 rings (SSSR count). The monoisotopic (exact) mass is 414 g/mol. The van der Waals surface area contributed by atoms with Gasteiger partial charge in [0.05, 0.1) is 29.6 Å². The normalized spacial score (nSPS) is 21.6. The second-order valence-corrected chi connectivity index (χ2v) is 6.41. The zero-order valence-electron chi connectivity index (χ0n) is 12.6. The van der Waals surface area contributed by atoms with E-state index in [9.17, 15) is 0 Å². The van der Waals surface area contributed by atoms with E-state index >= 15 is 0 Å². The number of benzene rings is 1. The van der Waals surface area contributed by atoms with Crippen molar-refractivity contribution in [3.63, 3.8) is 0 Å². The topological polar surface area (TPSA) is 56.4 Å². The maximum atomic E-state index is 5.88. The average molecular weight is 414 g/mol. The lowest BCUT2D eigenvalue weighted by molar-refractivity contribution is 0.00264. The molecule has 0 amide bonds. The Balaban J connectivity index is 1.87. The summed E-state index contributed by atoms with van der Waals surface area (Å²) in [6.45, 7) is 0.741. The summed E-state index contributed by atoms with van der Waals surface area (Å²) in [5.74, 6) is 2.14. The van der Waals surface area contributed by atoms with Gasteiger partial charge in [-0.15, -0.1) is 0 Å². The van der Waals surface area contributed by atoms with E-state index in [-0.39, 0.29) is 6.10 Å². The van der Waals surface area contributed by atoms with Gasteiger partial charge in [-0.1, -0.05) is 0 Å². The fourth-order valence-corrected chi connectivity index (χ4v) is 3.64. The van der Waals surface area contributed by atoms with Crippen LogP contribution in [0.3, 0.4) is 0 Å². The van der Waals surface area contributed by atoms with Gasteiger partial charge >= 0.3 is 0 Å². The van der Waals surface area contributed by atoms with E-state index in [4.69, 9.17) is 14.2 Å². The number of rotatable bonds is 4. The van der Waals surface area contributed by atoms with Crippen molar-refractivity contribution in [2.45, 2.75) is 24.9 Å². The molecule has 0 saturated carbocycles. The van der Waals surface area contributed by atoms with Crippen LogP contribution in [0.2, 0.25) is 0 Å². The van der Waals surface area contributed by atoms with Gasteiger partial charge in [-0.3, -0.25) is 5.10 Å². The van der Waals surface area contributed by atoms with Crippen LogP contribution in [0.5, 0.6) is 11.5 Å². The predicted octanol–water partition coefficient (Wildman–Crippen LogP) is 3.67. The molecule has 1 aromatic heterocycles. The van der Waals surface area contributed by atoms with E-state index in [0.29, 0.717) is 5.92 Å². The molecule has 0 radical (unpaired) electrons. The summed E-state index contributed by atoms with van der Waals surface area (Å²) in [7, 11) is 3.39. The van der Waals surface area contributed by atoms with Gasteiger partial charge in [-0.05, 0) is 65.1 Å². The van der Waals surface area contributed by atoms with Crippen LogP contribution >= 0.6 is 22.6 Å². The fourth-order valence-electron chi connectivity index (χ4n) is 2.89. The van der Waals surface area contributed by atoms with E-state index in [2.05, 4.69) is 44.9 Å². The van der Waals surface area contributed by atoms with Crippen molar-refractivity contribution in [3.8, 4) is 11.5 Å². The summed E-state index contributed by atoms with van der Waals surface area (Å²) in [5.41, 5.74) is 2.27. The molecule has 1 aromatic carbocycles. The third kappa shape index (κ3) is 3.08. The van der Waals surface area contributed by atoms with Gasteiger partial charge in [-0.25, -0.2) is 0 Å². The van der Waals surface area contributed by atoms with Crippen LogP contribution in [-0.4, -0.2) is 31.0 Å². The van der Waals surface area contributed by atoms with Crippen molar-refractivity contribution in [3.05, 3.63) is 39.2 Å². The summed E-state index contributed by atoms with van der Waals surface area (Å²) in [6.07, 6.45) is 3.75. The standard InChI is InChI=1S/C16H19IN2O3/c1-20-14-8-11(9-15(21-2)16(14)17)10-4-6-22-13(7-10)12-3-5-18-19-12/h3,5,8-10,13H,4,6-7H2,1-2H3,(H,18,19)/t10-,13?/m1/s1. The summed E-state index contributed by atoms with van der Waals surface area (Å²) in [4.78, 5) is 0. The third-order valence-electron chi connectivity index (χ3n) is 4.09. The zero-order valence-corrected chi connectivity index (χ0v) is 14.8. The number of nitrogens with one attached hydrogen (secondary N) is 1. The lowest BCUT2D eigenvalue weighted by Gasteiger charge is -2.29. The van der Waals surface area contributed by atoms with E-state index in [1.54, 1.807) is 20.4 Å². The van der Waals surface area contributed by atoms with E-state index in [1.807, 2.05) is 6.07 Å². The molecule has 2 heterocycles. The van der Waals surface area contributed by atoms with Gasteiger partial charge < -0.3 is 14.2 Å². The molecule has 1 fully saturated rings. The van der Waals surface area contributed by atoms with Gasteiger partial charge in [0.2, 0.25) is 0 Å². The Morgan fingerprint density at radius 1 is 1.27 bits per heavy atom. The van der Waals surface area contributed by atoms with Crippen molar-refractivity contribution >= 4 is 22.6 Å². The molecule has 0 spiro atoms. The SMILES string of the molecule is COc1cc([C@@H]2CCOC(c3ccn[nH]3)C2)cc(OC)c1I. The molecule has 0 bridgehead atoms. The highest BCUT2D eigenvalue weighted by molar-refractivity contribution is 14.1. The van der Waals surface area contributed by atoms with Crippen molar-refractivity contribution in [1.82, 2.24) is 10.2 Å². The number of nitrogens with zero attached hydrogens (tertiary/aromatic N) is 1. The highest BCUT2D eigenvalue weighted by Gasteiger charge is 2.27. The number of hydrogen-bond acceptors (Lipinski definition) is 4. The van der Waals surface area contributed by atoms with Crippen LogP contribution in [0.1, 0.15) is 36.1 Å². The van der Waals surface area contributed by atoms with Crippen molar-refractivity contribution in [1.29, 1.82) is 0 Å². The molecule has 2 atom stereocenters. The van der Waals surface area contributed by atoms with E-state index in [0.717, 1.165) is 40.2 Å². The number of ether oxygens (including phenoxy) is 3. The Morgan fingerprint density at radius 3 is 2.59 bits per heavy atom. The smallest absolute Gasteiger partial charge is 0.136 e. The minimum atomic E-state index is 0.0671. The lowest BCUT2D eigenvalue weighted by atomic mass is 9.87. The fraction of sp³-hybridized carbons (Fsp3) is 0.438. The first-order chi connectivity index (χ1) is 10.7. The van der Waals surface area contributed by atoms with Crippen molar-refractivity contribution in [2.75, 3.05) is 20.8 Å². The summed E-state index contributed by atoms with van der Waals surface area (Å²) >= 11 is 2.25. The number of aromatic amines is 1. The summed E-state index contributed by atoms with van der Waals surface area (Å²) < 4.78 is 17.8. The zero-order chi connectivity index (χ0) is 15.5. The maximum Gasteiger partial charge on any atom is 0.136 e. The molecule has 22 heavy (non-hydrogen) atoms. The first-order valence-corrected chi connectivity index (χ1v) is 8.33. The number of methoxy groups -OCH3 is 2. The number of hydrogen-bond donors (Lipinski definition) is 1. The first kappa shape index (κ1) is 15.6. The van der Waals surface area contributed by atoms with E-state index < -0.39 is 0 Å². The Morgan fingerprint density at radius 2 is 2.00 bits per heavy atom. The molecule has 1 unspecified atom stereocenters. The Bertz CT molecular complexity index is 605. The third-order valence-corrected chi connectivity index (χ3v) is 5.16. The minimum absolute atomic E-state index is 0.0671. The quantitative estimate of drug-likeness (QED) is 0.776. The molecule has 1 aliphatic rings. The largest absolute Gasteiger partial charge is 0.495 e. The minimum Gasteiger partial charge on any atom is -0.495 e. The van der Waals surface area contributed by atoms with Gasteiger partial charge in [0.1, 0.15) is 11.5 Å². The first-order valence-electron chi connectivity index (χ1n) is 7.25. The van der Waals surface area contributed by atoms with Crippen LogP contribution in [0.25, 0.3) is 0 Å². The van der Waals surface area contributed by atoms with Crippen molar-refractivity contribution < 1.29 is 14.2 Å². The lowest BCUT2D eigenvalue weighted by Crippen LogP contribution is -2.19. The van der Waals surface area contributed by atoms with Crippen LogP contribution in [0.15, 0.2) is 24.4 Å². The number of halogens is 1. The highest BCUT2D eigenvalue weighted by Crippen LogP contribution is 2.41. The summed E-state index contributed by atoms with van der Waals surface area (Å²) in [6, 6.07) is 6.21. The van der Waals surface area contributed by atoms with Crippen LogP contribution in [-0.2, 0) is 4.74 Å². The molecule has 118 valence electrons. The van der Waals surface area contributed by atoms with Gasteiger partial charge in [0.15, 0.2) is 0 Å². The molecule has 0 aliphatic carbocycles. The molecule has 2 aromatic rings.